The average Bonchev–Trinajstić information content (AvgIpc) is 4.38. The molecule has 8 rings (SSSR count). The molecule has 6 atom stereocenters. The fourth-order valence-electron chi connectivity index (χ4n) is 9.38. The van der Waals surface area contributed by atoms with Crippen molar-refractivity contribution < 1.29 is 69.9 Å². The van der Waals surface area contributed by atoms with E-state index in [0.717, 1.165) is 25.7 Å². The third-order valence-electron chi connectivity index (χ3n) is 13.7. The summed E-state index contributed by atoms with van der Waals surface area (Å²) in [5.74, 6) is -3.03. The van der Waals surface area contributed by atoms with Crippen LogP contribution >= 0.6 is 0 Å². The van der Waals surface area contributed by atoms with Crippen LogP contribution in [0.4, 0.5) is 17.6 Å². The highest BCUT2D eigenvalue weighted by atomic mass is 19.1. The smallest absolute Gasteiger partial charge is 0.249 e. The van der Waals surface area contributed by atoms with Gasteiger partial charge in [-0.25, -0.2) is 18.7 Å². The fraction of sp³-hybridized carbons (Fsp3) is 0.536. The number of ether oxygens (including phenoxy) is 7. The Morgan fingerprint density at radius 3 is 1.12 bits per heavy atom. The molecular weight excluding hydrogens is 1010 g/mol. The van der Waals surface area contributed by atoms with Crippen molar-refractivity contribution in [1.29, 1.82) is 0 Å². The number of hydrogen-bond donors (Lipinski definition) is 2. The summed E-state index contributed by atoms with van der Waals surface area (Å²) in [5, 5.41) is 5.78. The highest BCUT2D eigenvalue weighted by Gasteiger charge is 2.42. The van der Waals surface area contributed by atoms with Crippen molar-refractivity contribution in [3.8, 4) is 0 Å². The summed E-state index contributed by atoms with van der Waals surface area (Å²) in [6.07, 6.45) is 0.500. The Morgan fingerprint density at radius 2 is 0.805 bits per heavy atom. The van der Waals surface area contributed by atoms with Gasteiger partial charge >= 0.3 is 0 Å². The lowest BCUT2D eigenvalue weighted by Crippen LogP contribution is -2.48. The summed E-state index contributed by atoms with van der Waals surface area (Å²) >= 11 is 0. The molecule has 2 aromatic heterocycles. The average molecular weight is 1080 g/mol. The molecule has 4 fully saturated rings. The fourth-order valence-corrected chi connectivity index (χ4v) is 9.38. The van der Waals surface area contributed by atoms with Gasteiger partial charge < -0.3 is 53.6 Å². The van der Waals surface area contributed by atoms with E-state index in [9.17, 15) is 36.7 Å². The van der Waals surface area contributed by atoms with Crippen LogP contribution in [-0.4, -0.2) is 173 Å². The van der Waals surface area contributed by atoms with Gasteiger partial charge in [0, 0.05) is 24.0 Å². The van der Waals surface area contributed by atoms with Crippen molar-refractivity contribution in [2.24, 2.45) is 0 Å². The minimum absolute atomic E-state index is 0.0894. The minimum Gasteiger partial charge on any atom is -0.377 e. The lowest BCUT2D eigenvalue weighted by Gasteiger charge is -2.26. The number of alkyl halides is 2. The Morgan fingerprint density at radius 1 is 0.481 bits per heavy atom. The Bertz CT molecular complexity index is 2360. The SMILES string of the molecule is O=C(N[C@@H](c1ccccc1)c1ccc(C2CC2)c(F)n1)[C@@H]1C[C@@H](F)CN1C(=O)COCCOCCOCCOCCOCCOCCOCC(=O)N1C[C@H](F)C[C@H]1C(=O)N[C@@H](c1ccccc1)c1ccc(C2CC2)c(F)n1. The molecule has 2 aliphatic carbocycles. The molecule has 0 unspecified atom stereocenters. The van der Waals surface area contributed by atoms with Gasteiger partial charge in [-0.05, 0) is 60.8 Å². The molecule has 4 heterocycles. The van der Waals surface area contributed by atoms with Gasteiger partial charge in [0.1, 0.15) is 37.6 Å². The summed E-state index contributed by atoms with van der Waals surface area (Å²) in [5.41, 5.74) is 3.05. The van der Waals surface area contributed by atoms with E-state index in [1.807, 2.05) is 12.1 Å². The topological polar surface area (TPSA) is 189 Å². The van der Waals surface area contributed by atoms with Crippen molar-refractivity contribution in [1.82, 2.24) is 30.4 Å². The maximum atomic E-state index is 15.0. The Kier molecular flexibility index (Phi) is 21.7. The second-order valence-electron chi connectivity index (χ2n) is 19.4. The standard InChI is InChI=1S/C56H68F4N6O11/c57-41-31-47(55(69)63-51(39-7-3-1-4-8-39)45-17-15-43(37-11-12-37)53(59)61-45)65(33-41)49(67)35-76-29-27-74-25-23-72-21-19-71-20-22-73-24-26-75-28-30-77-36-50(68)66-34-42(58)32-48(66)56(70)64-52(40-9-5-2-6-10-40)46-18-16-44(38-13-14-38)54(60)62-46/h1-10,15-18,37-38,41-42,47-48,51-52H,11-14,19-36H2,(H,63,69)(H,64,70)/t41-,42-,47+,48+,51+,52+/m1/s1. The predicted molar refractivity (Wildman–Crippen MR) is 271 cm³/mol. The van der Waals surface area contributed by atoms with Crippen molar-refractivity contribution in [3.05, 3.63) is 130 Å². The van der Waals surface area contributed by atoms with Crippen molar-refractivity contribution in [2.75, 3.05) is 106 Å². The van der Waals surface area contributed by atoms with Gasteiger partial charge in [0.2, 0.25) is 35.5 Å². The van der Waals surface area contributed by atoms with E-state index in [1.165, 1.54) is 9.80 Å². The van der Waals surface area contributed by atoms with E-state index in [-0.39, 0.29) is 90.6 Å². The number of benzene rings is 2. The molecule has 77 heavy (non-hydrogen) atoms. The van der Waals surface area contributed by atoms with Gasteiger partial charge in [-0.2, -0.15) is 8.78 Å². The number of aromatic nitrogens is 2. The number of nitrogens with zero attached hydrogens (tertiary/aromatic N) is 4. The molecule has 4 amide bonds. The second kappa shape index (κ2) is 29.2. The first-order valence-electron chi connectivity index (χ1n) is 26.5. The van der Waals surface area contributed by atoms with Crippen LogP contribution in [-0.2, 0) is 52.3 Å². The van der Waals surface area contributed by atoms with Crippen LogP contribution in [0.5, 0.6) is 0 Å². The van der Waals surface area contributed by atoms with Gasteiger partial charge in [-0.15, -0.1) is 0 Å². The van der Waals surface area contributed by atoms with Gasteiger partial charge in [0.05, 0.1) is 116 Å². The number of halogens is 4. The molecular formula is C56H68F4N6O11. The van der Waals surface area contributed by atoms with Gasteiger partial charge in [-0.1, -0.05) is 72.8 Å². The van der Waals surface area contributed by atoms with Crippen molar-refractivity contribution in [3.63, 3.8) is 0 Å². The summed E-state index contributed by atoms with van der Waals surface area (Å²) in [7, 11) is 0. The van der Waals surface area contributed by atoms with E-state index in [0.29, 0.717) is 73.3 Å². The first-order chi connectivity index (χ1) is 37.5. The number of nitrogens with one attached hydrogen (secondary N) is 2. The number of pyridine rings is 2. The highest BCUT2D eigenvalue weighted by molar-refractivity contribution is 5.90. The molecule has 17 nitrogen and oxygen atoms in total. The number of rotatable bonds is 32. The van der Waals surface area contributed by atoms with E-state index < -0.39 is 72.0 Å². The molecule has 2 saturated carbocycles. The Labute approximate surface area is 445 Å². The molecule has 0 radical (unpaired) electrons. The number of amides is 4. The van der Waals surface area contributed by atoms with Crippen molar-refractivity contribution >= 4 is 23.6 Å². The van der Waals surface area contributed by atoms with Crippen LogP contribution in [0.25, 0.3) is 0 Å². The molecule has 0 bridgehead atoms. The molecule has 4 aromatic rings. The molecule has 416 valence electrons. The van der Waals surface area contributed by atoms with Gasteiger partial charge in [-0.3, -0.25) is 19.2 Å². The molecule has 21 heteroatoms. The maximum Gasteiger partial charge on any atom is 0.249 e. The number of hydrogen-bond acceptors (Lipinski definition) is 13. The molecule has 2 saturated heterocycles. The summed E-state index contributed by atoms with van der Waals surface area (Å²) in [4.78, 5) is 64.2. The predicted octanol–water partition coefficient (Wildman–Crippen LogP) is 5.62. The normalized spacial score (nSPS) is 20.1. The second-order valence-corrected chi connectivity index (χ2v) is 19.4. The molecule has 2 N–H and O–H groups in total. The Balaban J connectivity index is 0.612. The van der Waals surface area contributed by atoms with Gasteiger partial charge in [0.25, 0.3) is 0 Å². The third-order valence-corrected chi connectivity index (χ3v) is 13.7. The maximum absolute atomic E-state index is 15.0. The highest BCUT2D eigenvalue weighted by Crippen LogP contribution is 2.42. The van der Waals surface area contributed by atoms with E-state index in [4.69, 9.17) is 33.2 Å². The molecule has 4 aliphatic rings. The summed E-state index contributed by atoms with van der Waals surface area (Å²) in [6.45, 7) is 1.79. The van der Waals surface area contributed by atoms with Crippen LogP contribution in [0, 0.1) is 11.9 Å². The molecule has 2 aliphatic heterocycles. The van der Waals surface area contributed by atoms with Crippen molar-refractivity contribution in [2.45, 2.75) is 86.9 Å². The number of carbonyl (C=O) groups excluding carboxylic acids is 4. The van der Waals surface area contributed by atoms with Gasteiger partial charge in [0.15, 0.2) is 0 Å². The van der Waals surface area contributed by atoms with Crippen LogP contribution in [0.3, 0.4) is 0 Å². The zero-order valence-corrected chi connectivity index (χ0v) is 43.0. The van der Waals surface area contributed by atoms with Crippen LogP contribution in [0.15, 0.2) is 84.9 Å². The van der Waals surface area contributed by atoms with Crippen LogP contribution < -0.4 is 10.6 Å². The first-order valence-corrected chi connectivity index (χ1v) is 26.5. The number of likely N-dealkylation sites (tertiary alicyclic amines) is 2. The number of carbonyl (C=O) groups is 4. The monoisotopic (exact) mass is 1080 g/mol. The van der Waals surface area contributed by atoms with Crippen LogP contribution in [0.2, 0.25) is 0 Å². The Hall–Kier alpha value is -5.94. The zero-order valence-electron chi connectivity index (χ0n) is 43.0. The van der Waals surface area contributed by atoms with E-state index in [1.54, 1.807) is 72.8 Å². The third kappa shape index (κ3) is 17.0. The minimum atomic E-state index is -1.40. The zero-order chi connectivity index (χ0) is 53.9. The lowest BCUT2D eigenvalue weighted by molar-refractivity contribution is -0.142. The van der Waals surface area contributed by atoms with E-state index >= 15 is 0 Å². The lowest BCUT2D eigenvalue weighted by atomic mass is 10.0. The largest absolute Gasteiger partial charge is 0.377 e. The van der Waals surface area contributed by atoms with Crippen LogP contribution in [0.1, 0.15) is 96.1 Å². The quantitative estimate of drug-likeness (QED) is 0.0349. The summed E-state index contributed by atoms with van der Waals surface area (Å²) in [6, 6.07) is 21.0. The molecule has 0 spiro atoms. The summed E-state index contributed by atoms with van der Waals surface area (Å²) < 4.78 is 97.9. The molecule has 2 aromatic carbocycles. The first kappa shape index (κ1) is 57.2. The van der Waals surface area contributed by atoms with E-state index in [2.05, 4.69) is 20.6 Å².